The van der Waals surface area contributed by atoms with Crippen molar-refractivity contribution in [2.24, 2.45) is 12.0 Å². The number of benzene rings is 1. The van der Waals surface area contributed by atoms with Gasteiger partial charge in [0.1, 0.15) is 6.10 Å². The van der Waals surface area contributed by atoms with E-state index in [1.807, 2.05) is 36.4 Å². The molecular weight excluding hydrogens is 352 g/mol. The first-order valence-electron chi connectivity index (χ1n) is 9.70. The maximum absolute atomic E-state index is 5.97. The van der Waals surface area contributed by atoms with Crippen molar-refractivity contribution in [3.63, 3.8) is 0 Å². The zero-order chi connectivity index (χ0) is 19.3. The molecule has 1 saturated heterocycles. The zero-order valence-corrected chi connectivity index (χ0v) is 16.4. The van der Waals surface area contributed by atoms with Crippen LogP contribution in [0.4, 0.5) is 0 Å². The number of para-hydroxylation sites is 1. The predicted molar refractivity (Wildman–Crippen MR) is 110 cm³/mol. The van der Waals surface area contributed by atoms with Gasteiger partial charge in [-0.2, -0.15) is 5.10 Å². The van der Waals surface area contributed by atoms with E-state index in [2.05, 4.69) is 51.5 Å². The fraction of sp³-hybridized carbons (Fsp3) is 0.381. The van der Waals surface area contributed by atoms with Crippen LogP contribution in [0.1, 0.15) is 24.2 Å². The minimum Gasteiger partial charge on any atom is -0.370 e. The minimum atomic E-state index is 0.00512. The summed E-state index contributed by atoms with van der Waals surface area (Å²) in [5.41, 5.74) is 3.24. The van der Waals surface area contributed by atoms with Gasteiger partial charge in [0.05, 0.1) is 31.4 Å². The van der Waals surface area contributed by atoms with Gasteiger partial charge < -0.3 is 15.0 Å². The number of hydrogen-bond donors (Lipinski definition) is 1. The number of morpholine rings is 1. The van der Waals surface area contributed by atoms with E-state index in [4.69, 9.17) is 9.73 Å². The van der Waals surface area contributed by atoms with Crippen molar-refractivity contribution in [2.45, 2.75) is 19.6 Å². The van der Waals surface area contributed by atoms with Crippen LogP contribution < -0.4 is 5.32 Å². The third-order valence-corrected chi connectivity index (χ3v) is 4.91. The largest absolute Gasteiger partial charge is 0.370 e. The van der Waals surface area contributed by atoms with Crippen molar-refractivity contribution in [3.05, 3.63) is 60.0 Å². The van der Waals surface area contributed by atoms with E-state index in [0.717, 1.165) is 47.6 Å². The molecule has 1 fully saturated rings. The molecule has 1 aliphatic heterocycles. The number of pyridine rings is 1. The van der Waals surface area contributed by atoms with E-state index in [1.54, 1.807) is 0 Å². The molecule has 0 amide bonds. The molecular formula is C21H26N6O. The van der Waals surface area contributed by atoms with E-state index in [9.17, 15) is 0 Å². The van der Waals surface area contributed by atoms with Gasteiger partial charge in [-0.15, -0.1) is 0 Å². The highest BCUT2D eigenvalue weighted by Gasteiger charge is 2.25. The highest BCUT2D eigenvalue weighted by atomic mass is 16.5. The zero-order valence-electron chi connectivity index (χ0n) is 16.4. The smallest absolute Gasteiger partial charge is 0.194 e. The normalized spacial score (nSPS) is 17.9. The molecule has 146 valence electrons. The van der Waals surface area contributed by atoms with Crippen molar-refractivity contribution >= 4 is 16.9 Å². The van der Waals surface area contributed by atoms with E-state index < -0.39 is 0 Å². The number of aliphatic imine (C=N–C) groups is 1. The average Bonchev–Trinajstić information content (AvgIpc) is 3.17. The Kier molecular flexibility index (Phi) is 5.53. The van der Waals surface area contributed by atoms with E-state index in [0.29, 0.717) is 13.2 Å². The summed E-state index contributed by atoms with van der Waals surface area (Å²) in [5.74, 6) is 0.910. The molecule has 0 saturated carbocycles. The lowest BCUT2D eigenvalue weighted by atomic mass is 10.1. The minimum absolute atomic E-state index is 0.00512. The summed E-state index contributed by atoms with van der Waals surface area (Å²) in [6.45, 7) is 5.74. The van der Waals surface area contributed by atoms with E-state index in [-0.39, 0.29) is 6.10 Å². The number of hydrogen-bond acceptors (Lipinski definition) is 4. The molecule has 4 rings (SSSR count). The third-order valence-electron chi connectivity index (χ3n) is 4.91. The summed E-state index contributed by atoms with van der Waals surface area (Å²) in [6.07, 6.45) is 5.73. The van der Waals surface area contributed by atoms with Crippen molar-refractivity contribution in [1.29, 1.82) is 0 Å². The standard InChI is InChI=1S/C21H26N6O/c1-3-22-21(24-12-17-7-4-6-16-8-5-9-23-20(16)17)27-10-11-28-19(15-27)18-13-25-26(2)14-18/h4-9,13-14,19H,3,10-12,15H2,1-2H3,(H,22,24). The summed E-state index contributed by atoms with van der Waals surface area (Å²) >= 11 is 0. The lowest BCUT2D eigenvalue weighted by molar-refractivity contribution is -0.00805. The molecule has 7 heteroatoms. The molecule has 1 N–H and O–H groups in total. The molecule has 1 unspecified atom stereocenters. The fourth-order valence-electron chi connectivity index (χ4n) is 3.53. The van der Waals surface area contributed by atoms with Gasteiger partial charge in [0.25, 0.3) is 0 Å². The molecule has 1 aliphatic rings. The Morgan fingerprint density at radius 3 is 3.04 bits per heavy atom. The van der Waals surface area contributed by atoms with Gasteiger partial charge in [-0.1, -0.05) is 24.3 Å². The van der Waals surface area contributed by atoms with Gasteiger partial charge in [-0.05, 0) is 18.6 Å². The van der Waals surface area contributed by atoms with Crippen LogP contribution >= 0.6 is 0 Å². The Morgan fingerprint density at radius 1 is 1.32 bits per heavy atom. The fourth-order valence-corrected chi connectivity index (χ4v) is 3.53. The van der Waals surface area contributed by atoms with Gasteiger partial charge in [-0.3, -0.25) is 9.67 Å². The maximum Gasteiger partial charge on any atom is 0.194 e. The van der Waals surface area contributed by atoms with Crippen LogP contribution in [0.25, 0.3) is 10.9 Å². The monoisotopic (exact) mass is 378 g/mol. The summed E-state index contributed by atoms with van der Waals surface area (Å²) in [4.78, 5) is 11.7. The molecule has 28 heavy (non-hydrogen) atoms. The molecule has 0 aliphatic carbocycles. The van der Waals surface area contributed by atoms with Crippen molar-refractivity contribution in [3.8, 4) is 0 Å². The molecule has 0 bridgehead atoms. The number of ether oxygens (including phenoxy) is 1. The van der Waals surface area contributed by atoms with Gasteiger partial charge in [0.2, 0.25) is 0 Å². The molecule has 3 heterocycles. The Balaban J connectivity index is 1.54. The second-order valence-electron chi connectivity index (χ2n) is 6.92. The summed E-state index contributed by atoms with van der Waals surface area (Å²) in [5, 5.41) is 8.84. The quantitative estimate of drug-likeness (QED) is 0.558. The van der Waals surface area contributed by atoms with Crippen molar-refractivity contribution in [1.82, 2.24) is 25.0 Å². The summed E-state index contributed by atoms with van der Waals surface area (Å²) in [7, 11) is 1.92. The highest BCUT2D eigenvalue weighted by molar-refractivity contribution is 5.83. The summed E-state index contributed by atoms with van der Waals surface area (Å²) < 4.78 is 7.78. The lowest BCUT2D eigenvalue weighted by Gasteiger charge is -2.34. The molecule has 2 aromatic heterocycles. The second-order valence-corrected chi connectivity index (χ2v) is 6.92. The van der Waals surface area contributed by atoms with Crippen molar-refractivity contribution < 1.29 is 4.74 Å². The van der Waals surface area contributed by atoms with Crippen LogP contribution in [-0.2, 0) is 18.3 Å². The molecule has 1 atom stereocenters. The number of rotatable bonds is 4. The lowest BCUT2D eigenvalue weighted by Crippen LogP contribution is -2.48. The second kappa shape index (κ2) is 8.39. The number of aryl methyl sites for hydroxylation is 1. The Morgan fingerprint density at radius 2 is 2.21 bits per heavy atom. The first-order valence-corrected chi connectivity index (χ1v) is 9.70. The number of fused-ring (bicyclic) bond motifs is 1. The Bertz CT molecular complexity index is 961. The Hall–Kier alpha value is -2.93. The number of nitrogens with one attached hydrogen (secondary N) is 1. The molecule has 1 aromatic carbocycles. The van der Waals surface area contributed by atoms with Gasteiger partial charge in [-0.25, -0.2) is 4.99 Å². The van der Waals surface area contributed by atoms with Crippen LogP contribution in [0.5, 0.6) is 0 Å². The first-order chi connectivity index (χ1) is 13.7. The molecule has 0 spiro atoms. The number of guanidine groups is 1. The highest BCUT2D eigenvalue weighted by Crippen LogP contribution is 2.22. The number of aromatic nitrogens is 3. The molecule has 7 nitrogen and oxygen atoms in total. The molecule has 3 aromatic rings. The maximum atomic E-state index is 5.97. The van der Waals surface area contributed by atoms with Gasteiger partial charge >= 0.3 is 0 Å². The third kappa shape index (κ3) is 3.99. The van der Waals surface area contributed by atoms with E-state index >= 15 is 0 Å². The van der Waals surface area contributed by atoms with Gasteiger partial charge in [0, 0.05) is 43.5 Å². The predicted octanol–water partition coefficient (Wildman–Crippen LogP) is 2.51. The van der Waals surface area contributed by atoms with Crippen LogP contribution in [0.3, 0.4) is 0 Å². The average molecular weight is 378 g/mol. The Labute approximate surface area is 165 Å². The van der Waals surface area contributed by atoms with Crippen LogP contribution in [0.15, 0.2) is 53.9 Å². The summed E-state index contributed by atoms with van der Waals surface area (Å²) in [6, 6.07) is 10.3. The van der Waals surface area contributed by atoms with Crippen LogP contribution in [0, 0.1) is 0 Å². The number of nitrogens with zero attached hydrogens (tertiary/aromatic N) is 5. The SMILES string of the molecule is CCNC(=NCc1cccc2cccnc12)N1CCOC(c2cnn(C)c2)C1. The topological polar surface area (TPSA) is 67.6 Å². The molecule has 0 radical (unpaired) electrons. The van der Waals surface area contributed by atoms with Crippen LogP contribution in [-0.4, -0.2) is 51.9 Å². The van der Waals surface area contributed by atoms with E-state index in [1.165, 1.54) is 0 Å². The van der Waals surface area contributed by atoms with Gasteiger partial charge in [0.15, 0.2) is 5.96 Å². The first kappa shape index (κ1) is 18.4. The van der Waals surface area contributed by atoms with Crippen LogP contribution in [0.2, 0.25) is 0 Å². The van der Waals surface area contributed by atoms with Crippen molar-refractivity contribution in [2.75, 3.05) is 26.2 Å².